The third kappa shape index (κ3) is 4.11. The van der Waals surface area contributed by atoms with Crippen molar-refractivity contribution in [2.75, 3.05) is 23.9 Å². The van der Waals surface area contributed by atoms with Crippen molar-refractivity contribution >= 4 is 40.8 Å². The van der Waals surface area contributed by atoms with E-state index >= 15 is 0 Å². The van der Waals surface area contributed by atoms with Crippen LogP contribution in [-0.2, 0) is 14.3 Å². The zero-order chi connectivity index (χ0) is 19.6. The summed E-state index contributed by atoms with van der Waals surface area (Å²) < 4.78 is 4.68. The number of ether oxygens (including phenoxy) is 1. The van der Waals surface area contributed by atoms with Crippen LogP contribution in [0.2, 0.25) is 5.02 Å². The van der Waals surface area contributed by atoms with E-state index in [1.165, 1.54) is 25.3 Å². The van der Waals surface area contributed by atoms with Gasteiger partial charge in [-0.15, -0.1) is 0 Å². The van der Waals surface area contributed by atoms with E-state index in [0.717, 1.165) is 11.3 Å². The molecular formula is C20H19ClN2O4. The molecule has 1 saturated heterocycles. The molecule has 1 N–H and O–H groups in total. The number of hydrogen-bond acceptors (Lipinski definition) is 4. The number of halogens is 1. The van der Waals surface area contributed by atoms with Crippen LogP contribution in [0.4, 0.5) is 11.4 Å². The van der Waals surface area contributed by atoms with Gasteiger partial charge in [0, 0.05) is 18.7 Å². The van der Waals surface area contributed by atoms with Gasteiger partial charge in [0.1, 0.15) is 0 Å². The van der Waals surface area contributed by atoms with Crippen LogP contribution in [0.25, 0.3) is 0 Å². The molecule has 2 aromatic rings. The monoisotopic (exact) mass is 386 g/mol. The highest BCUT2D eigenvalue weighted by Crippen LogP contribution is 2.28. The molecule has 1 aliphatic rings. The molecular weight excluding hydrogens is 368 g/mol. The van der Waals surface area contributed by atoms with E-state index in [-0.39, 0.29) is 23.8 Å². The van der Waals surface area contributed by atoms with E-state index in [0.29, 0.717) is 17.3 Å². The molecule has 0 radical (unpaired) electrons. The minimum Gasteiger partial charge on any atom is -0.465 e. The number of amides is 2. The maximum Gasteiger partial charge on any atom is 0.337 e. The molecule has 1 heterocycles. The van der Waals surface area contributed by atoms with Crippen molar-refractivity contribution in [2.24, 2.45) is 5.92 Å². The highest BCUT2D eigenvalue weighted by molar-refractivity contribution is 6.34. The third-order valence-electron chi connectivity index (χ3n) is 4.45. The Hall–Kier alpha value is -2.86. The molecule has 6 nitrogen and oxygen atoms in total. The number of carbonyl (C=O) groups is 3. The fraction of sp³-hybridized carbons (Fsp3) is 0.250. The number of anilines is 2. The number of hydrogen-bond donors (Lipinski definition) is 1. The van der Waals surface area contributed by atoms with E-state index in [1.54, 1.807) is 4.90 Å². The highest BCUT2D eigenvalue weighted by Gasteiger charge is 2.35. The van der Waals surface area contributed by atoms with Gasteiger partial charge in [-0.25, -0.2) is 4.79 Å². The first-order valence-corrected chi connectivity index (χ1v) is 8.82. The summed E-state index contributed by atoms with van der Waals surface area (Å²) in [6.07, 6.45) is 0.119. The number of benzene rings is 2. The lowest BCUT2D eigenvalue weighted by Gasteiger charge is -2.17. The third-order valence-corrected chi connectivity index (χ3v) is 4.78. The fourth-order valence-corrected chi connectivity index (χ4v) is 3.19. The lowest BCUT2D eigenvalue weighted by Crippen LogP contribution is -2.28. The topological polar surface area (TPSA) is 75.7 Å². The first-order valence-electron chi connectivity index (χ1n) is 8.45. The van der Waals surface area contributed by atoms with Crippen LogP contribution in [0.15, 0.2) is 42.5 Å². The van der Waals surface area contributed by atoms with Gasteiger partial charge in [-0.2, -0.15) is 0 Å². The summed E-state index contributed by atoms with van der Waals surface area (Å²) in [6, 6.07) is 12.1. The zero-order valence-electron chi connectivity index (χ0n) is 15.0. The number of nitrogens with zero attached hydrogens (tertiary/aromatic N) is 1. The van der Waals surface area contributed by atoms with Gasteiger partial charge in [-0.1, -0.05) is 23.7 Å². The smallest absolute Gasteiger partial charge is 0.337 e. The summed E-state index contributed by atoms with van der Waals surface area (Å²) in [5.74, 6) is -1.45. The number of aryl methyl sites for hydroxylation is 1. The van der Waals surface area contributed by atoms with Crippen molar-refractivity contribution < 1.29 is 19.1 Å². The predicted octanol–water partition coefficient (Wildman–Crippen LogP) is 3.43. The molecule has 0 saturated carbocycles. The average Bonchev–Trinajstić information content (AvgIpc) is 3.04. The second kappa shape index (κ2) is 7.80. The normalized spacial score (nSPS) is 16.3. The van der Waals surface area contributed by atoms with Gasteiger partial charge in [0.25, 0.3) is 0 Å². The SMILES string of the molecule is COC(=O)c1ccc(Cl)c(NC(=O)C2CC(=O)N(c3cccc(C)c3)C2)c1. The second-order valence-corrected chi connectivity index (χ2v) is 6.83. The number of rotatable bonds is 4. The van der Waals surface area contributed by atoms with Crippen LogP contribution in [0.3, 0.4) is 0 Å². The Kier molecular flexibility index (Phi) is 5.46. The van der Waals surface area contributed by atoms with Gasteiger partial charge >= 0.3 is 5.97 Å². The van der Waals surface area contributed by atoms with Gasteiger partial charge in [0.05, 0.1) is 29.3 Å². The first kappa shape index (κ1) is 18.9. The molecule has 0 bridgehead atoms. The van der Waals surface area contributed by atoms with Crippen molar-refractivity contribution in [3.63, 3.8) is 0 Å². The number of esters is 1. The molecule has 1 fully saturated rings. The Bertz CT molecular complexity index is 913. The first-order chi connectivity index (χ1) is 12.9. The van der Waals surface area contributed by atoms with Crippen LogP contribution < -0.4 is 10.2 Å². The van der Waals surface area contributed by atoms with E-state index in [4.69, 9.17) is 11.6 Å². The van der Waals surface area contributed by atoms with Crippen molar-refractivity contribution in [1.82, 2.24) is 0 Å². The summed E-state index contributed by atoms with van der Waals surface area (Å²) in [5, 5.41) is 3.02. The summed E-state index contributed by atoms with van der Waals surface area (Å²) in [7, 11) is 1.28. The largest absolute Gasteiger partial charge is 0.465 e. The van der Waals surface area contributed by atoms with Gasteiger partial charge in [-0.3, -0.25) is 9.59 Å². The molecule has 2 amide bonds. The molecule has 2 aromatic carbocycles. The van der Waals surface area contributed by atoms with Crippen molar-refractivity contribution in [2.45, 2.75) is 13.3 Å². The van der Waals surface area contributed by atoms with E-state index in [2.05, 4.69) is 10.1 Å². The van der Waals surface area contributed by atoms with Gasteiger partial charge in [0.2, 0.25) is 11.8 Å². The Morgan fingerprint density at radius 2 is 2.00 bits per heavy atom. The van der Waals surface area contributed by atoms with E-state index in [1.807, 2.05) is 31.2 Å². The summed E-state index contributed by atoms with van der Waals surface area (Å²) in [6.45, 7) is 2.24. The van der Waals surface area contributed by atoms with Crippen LogP contribution in [0.5, 0.6) is 0 Å². The Balaban J connectivity index is 1.74. The molecule has 0 spiro atoms. The summed E-state index contributed by atoms with van der Waals surface area (Å²) in [5.41, 5.74) is 2.41. The minimum absolute atomic E-state index is 0.102. The molecule has 1 unspecified atom stereocenters. The van der Waals surface area contributed by atoms with Crippen LogP contribution >= 0.6 is 11.6 Å². The summed E-state index contributed by atoms with van der Waals surface area (Å²) >= 11 is 6.12. The minimum atomic E-state index is -0.524. The van der Waals surface area contributed by atoms with E-state index < -0.39 is 11.9 Å². The van der Waals surface area contributed by atoms with Gasteiger partial charge < -0.3 is 15.0 Å². The van der Waals surface area contributed by atoms with Crippen LogP contribution in [-0.4, -0.2) is 31.4 Å². The van der Waals surface area contributed by atoms with Crippen molar-refractivity contribution in [3.8, 4) is 0 Å². The van der Waals surface area contributed by atoms with Crippen LogP contribution in [0.1, 0.15) is 22.3 Å². The maximum absolute atomic E-state index is 12.6. The molecule has 1 aliphatic heterocycles. The molecule has 0 aromatic heterocycles. The maximum atomic E-state index is 12.6. The quantitative estimate of drug-likeness (QED) is 0.817. The van der Waals surface area contributed by atoms with Gasteiger partial charge in [-0.05, 0) is 42.8 Å². The standard InChI is InChI=1S/C20H19ClN2O4/c1-12-4-3-5-15(8-12)23-11-14(10-18(23)24)19(25)22-17-9-13(20(26)27-2)6-7-16(17)21/h3-9,14H,10-11H2,1-2H3,(H,22,25). The number of methoxy groups -OCH3 is 1. The Morgan fingerprint density at radius 3 is 2.70 bits per heavy atom. The molecule has 27 heavy (non-hydrogen) atoms. The van der Waals surface area contributed by atoms with E-state index in [9.17, 15) is 14.4 Å². The Morgan fingerprint density at radius 1 is 1.22 bits per heavy atom. The second-order valence-electron chi connectivity index (χ2n) is 6.42. The molecule has 3 rings (SSSR count). The summed E-state index contributed by atoms with van der Waals surface area (Å²) in [4.78, 5) is 38.3. The zero-order valence-corrected chi connectivity index (χ0v) is 15.7. The average molecular weight is 387 g/mol. The molecule has 140 valence electrons. The number of nitrogens with one attached hydrogen (secondary N) is 1. The molecule has 1 atom stereocenters. The van der Waals surface area contributed by atoms with Gasteiger partial charge in [0.15, 0.2) is 0 Å². The lowest BCUT2D eigenvalue weighted by molar-refractivity contribution is -0.122. The number of carbonyl (C=O) groups excluding carboxylic acids is 3. The molecule has 0 aliphatic carbocycles. The highest BCUT2D eigenvalue weighted by atomic mass is 35.5. The predicted molar refractivity (Wildman–Crippen MR) is 103 cm³/mol. The Labute approximate surface area is 162 Å². The lowest BCUT2D eigenvalue weighted by atomic mass is 10.1. The van der Waals surface area contributed by atoms with Crippen LogP contribution in [0, 0.1) is 12.8 Å². The fourth-order valence-electron chi connectivity index (χ4n) is 3.03. The van der Waals surface area contributed by atoms with Crippen molar-refractivity contribution in [1.29, 1.82) is 0 Å². The molecule has 7 heteroatoms. The van der Waals surface area contributed by atoms with Crippen molar-refractivity contribution in [3.05, 3.63) is 58.6 Å².